The molecule has 196 valence electrons. The van der Waals surface area contributed by atoms with Crippen molar-refractivity contribution in [3.8, 4) is 0 Å². The molecule has 0 spiro atoms. The van der Waals surface area contributed by atoms with Crippen LogP contribution in [0.3, 0.4) is 0 Å². The lowest BCUT2D eigenvalue weighted by Crippen LogP contribution is -2.61. The molecule has 37 heavy (non-hydrogen) atoms. The van der Waals surface area contributed by atoms with Gasteiger partial charge in [-0.1, -0.05) is 60.8 Å². The third-order valence-electron chi connectivity index (χ3n) is 9.19. The molecule has 2 atom stereocenters. The van der Waals surface area contributed by atoms with Crippen molar-refractivity contribution in [2.45, 2.75) is 62.0 Å². The van der Waals surface area contributed by atoms with Crippen molar-refractivity contribution in [2.24, 2.45) is 17.8 Å². The third-order valence-corrected chi connectivity index (χ3v) is 10.4. The van der Waals surface area contributed by atoms with E-state index in [9.17, 15) is 9.50 Å². The van der Waals surface area contributed by atoms with Gasteiger partial charge in [-0.3, -0.25) is 0 Å². The van der Waals surface area contributed by atoms with Gasteiger partial charge in [0, 0.05) is 29.4 Å². The number of quaternary nitrogens is 1. The van der Waals surface area contributed by atoms with Crippen molar-refractivity contribution in [3.05, 3.63) is 77.7 Å². The smallest absolute Gasteiger partial charge is 0.282 e. The number of rotatable bonds is 8. The second kappa shape index (κ2) is 10.5. The van der Waals surface area contributed by atoms with E-state index in [2.05, 4.69) is 5.16 Å². The Morgan fingerprint density at radius 2 is 1.78 bits per heavy atom. The predicted octanol–water partition coefficient (Wildman–Crippen LogP) is 6.17. The van der Waals surface area contributed by atoms with Crippen LogP contribution in [-0.4, -0.2) is 45.1 Å². The Morgan fingerprint density at radius 3 is 2.54 bits per heavy atom. The first kappa shape index (κ1) is 25.1. The van der Waals surface area contributed by atoms with Crippen molar-refractivity contribution in [3.63, 3.8) is 0 Å². The highest BCUT2D eigenvalue weighted by Gasteiger charge is 2.48. The molecule has 7 heteroatoms. The van der Waals surface area contributed by atoms with Crippen LogP contribution in [0.15, 0.2) is 64.0 Å². The molecule has 1 saturated carbocycles. The summed E-state index contributed by atoms with van der Waals surface area (Å²) >= 11 is 1.77. The maximum atomic E-state index is 13.6. The van der Waals surface area contributed by atoms with Gasteiger partial charge in [0.2, 0.25) is 5.82 Å². The van der Waals surface area contributed by atoms with Crippen molar-refractivity contribution in [1.29, 1.82) is 0 Å². The van der Waals surface area contributed by atoms with Crippen LogP contribution in [0.25, 0.3) is 0 Å². The second-order valence-electron chi connectivity index (χ2n) is 11.5. The van der Waals surface area contributed by atoms with Gasteiger partial charge >= 0.3 is 0 Å². The first-order valence-corrected chi connectivity index (χ1v) is 14.9. The summed E-state index contributed by atoms with van der Waals surface area (Å²) in [5, 5.41) is 16.5. The van der Waals surface area contributed by atoms with E-state index in [1.807, 2.05) is 36.4 Å². The molecule has 0 amide bonds. The van der Waals surface area contributed by atoms with Gasteiger partial charge in [-0.25, -0.2) is 4.39 Å². The Hall–Kier alpha value is -2.22. The van der Waals surface area contributed by atoms with E-state index in [1.54, 1.807) is 23.9 Å². The van der Waals surface area contributed by atoms with Gasteiger partial charge < -0.3 is 14.1 Å². The molecule has 1 unspecified atom stereocenters. The van der Waals surface area contributed by atoms with Crippen LogP contribution in [0.5, 0.6) is 0 Å². The average Bonchev–Trinajstić information content (AvgIpc) is 3.41. The van der Waals surface area contributed by atoms with Gasteiger partial charge in [0.25, 0.3) is 5.89 Å². The molecule has 0 radical (unpaired) electrons. The third kappa shape index (κ3) is 5.10. The molecule has 3 aliphatic heterocycles. The summed E-state index contributed by atoms with van der Waals surface area (Å²) in [6.45, 7) is 4.08. The molecular formula is C30H37FN3O2S+. The van der Waals surface area contributed by atoms with Crippen LogP contribution in [-0.2, 0) is 12.1 Å². The molecular weight excluding hydrogens is 485 g/mol. The first-order valence-electron chi connectivity index (χ1n) is 13.9. The van der Waals surface area contributed by atoms with E-state index in [-0.39, 0.29) is 11.7 Å². The number of hydrogen-bond acceptors (Lipinski definition) is 5. The van der Waals surface area contributed by atoms with Crippen molar-refractivity contribution >= 4 is 11.8 Å². The normalized spacial score (nSPS) is 27.7. The van der Waals surface area contributed by atoms with E-state index >= 15 is 0 Å². The number of fused-ring (bicyclic) bond motifs is 3. The van der Waals surface area contributed by atoms with Crippen molar-refractivity contribution < 1.29 is 18.5 Å². The molecule has 3 saturated heterocycles. The van der Waals surface area contributed by atoms with Crippen LogP contribution in [0, 0.1) is 23.6 Å². The highest BCUT2D eigenvalue weighted by atomic mass is 32.2. The zero-order valence-electron chi connectivity index (χ0n) is 21.4. The summed E-state index contributed by atoms with van der Waals surface area (Å²) in [6.07, 6.45) is 7.85. The number of benzene rings is 2. The summed E-state index contributed by atoms with van der Waals surface area (Å²) in [5.41, 5.74) is -0.364. The van der Waals surface area contributed by atoms with E-state index < -0.39 is 5.60 Å². The van der Waals surface area contributed by atoms with Gasteiger partial charge in [-0.05, 0) is 48.4 Å². The molecule has 1 aliphatic carbocycles. The fourth-order valence-electron chi connectivity index (χ4n) is 7.13. The van der Waals surface area contributed by atoms with Gasteiger partial charge in [-0.15, -0.1) is 11.8 Å². The minimum atomic E-state index is -1.22. The number of hydrogen-bond donors (Lipinski definition) is 1. The lowest BCUT2D eigenvalue weighted by Gasteiger charge is -2.52. The van der Waals surface area contributed by atoms with E-state index in [0.717, 1.165) is 78.5 Å². The number of piperidine rings is 3. The second-order valence-corrected chi connectivity index (χ2v) is 12.6. The summed E-state index contributed by atoms with van der Waals surface area (Å²) in [4.78, 5) is 5.88. The molecule has 2 aromatic carbocycles. The van der Waals surface area contributed by atoms with Crippen LogP contribution < -0.4 is 0 Å². The summed E-state index contributed by atoms with van der Waals surface area (Å²) in [6, 6.07) is 16.8. The number of aliphatic hydroxyl groups is 1. The van der Waals surface area contributed by atoms with Gasteiger partial charge in [-0.2, -0.15) is 4.98 Å². The van der Waals surface area contributed by atoms with Crippen molar-refractivity contribution in [1.82, 2.24) is 10.1 Å². The Kier molecular flexibility index (Phi) is 7.12. The Balaban J connectivity index is 1.19. The molecule has 4 fully saturated rings. The molecule has 4 aliphatic rings. The van der Waals surface area contributed by atoms with Crippen LogP contribution >= 0.6 is 11.8 Å². The molecule has 3 aromatic rings. The number of aromatic nitrogens is 2. The number of thioether (sulfide) groups is 1. The minimum Gasteiger partial charge on any atom is -0.377 e. The summed E-state index contributed by atoms with van der Waals surface area (Å²) in [7, 11) is 0. The van der Waals surface area contributed by atoms with Crippen LogP contribution in [0.4, 0.5) is 4.39 Å². The number of nitrogens with zero attached hydrogens (tertiary/aromatic N) is 3. The maximum Gasteiger partial charge on any atom is 0.282 e. The van der Waals surface area contributed by atoms with E-state index in [4.69, 9.17) is 9.51 Å². The molecule has 4 heterocycles. The molecule has 1 N–H and O–H groups in total. The summed E-state index contributed by atoms with van der Waals surface area (Å²) < 4.78 is 20.5. The van der Waals surface area contributed by atoms with Gasteiger partial charge in [0.05, 0.1) is 19.6 Å². The lowest BCUT2D eigenvalue weighted by atomic mass is 9.73. The van der Waals surface area contributed by atoms with Crippen molar-refractivity contribution in [2.75, 3.05) is 25.4 Å². The highest BCUT2D eigenvalue weighted by molar-refractivity contribution is 7.99. The topological polar surface area (TPSA) is 59.2 Å². The lowest BCUT2D eigenvalue weighted by molar-refractivity contribution is -0.959. The van der Waals surface area contributed by atoms with Crippen LogP contribution in [0.1, 0.15) is 62.2 Å². The first-order chi connectivity index (χ1) is 18.0. The SMILES string of the molecule is O[C@@](c1ccccc1)(c1noc(C[N+]23CCC(CC2)C(CSc2cccc(F)c2)C3)n1)C1CCCCC1. The fourth-order valence-corrected chi connectivity index (χ4v) is 8.28. The van der Waals surface area contributed by atoms with Crippen LogP contribution in [0.2, 0.25) is 0 Å². The maximum absolute atomic E-state index is 13.6. The average molecular weight is 523 g/mol. The zero-order valence-corrected chi connectivity index (χ0v) is 22.2. The Labute approximate surface area is 223 Å². The monoisotopic (exact) mass is 522 g/mol. The standard InChI is InChI=1S/C30H37FN3O2S/c31-26-12-7-13-27(18-26)37-21-23-19-34(16-14-22(23)15-17-34)20-28-32-29(33-36-28)30(35,24-8-3-1-4-9-24)25-10-5-2-6-11-25/h1,3-4,7-9,12-13,18,22-23,25,35H,2,5-6,10-11,14-17,19-21H2/q+1/t22?,23?,30-,34?/m1/s1. The Morgan fingerprint density at radius 1 is 1.00 bits per heavy atom. The summed E-state index contributed by atoms with van der Waals surface area (Å²) in [5.74, 6) is 3.34. The van der Waals surface area contributed by atoms with E-state index in [1.165, 1.54) is 25.3 Å². The van der Waals surface area contributed by atoms with Gasteiger partial charge in [0.15, 0.2) is 12.1 Å². The molecule has 1 aromatic heterocycles. The fraction of sp³-hybridized carbons (Fsp3) is 0.533. The van der Waals surface area contributed by atoms with E-state index in [0.29, 0.717) is 17.6 Å². The predicted molar refractivity (Wildman–Crippen MR) is 142 cm³/mol. The highest BCUT2D eigenvalue weighted by Crippen LogP contribution is 2.44. The minimum absolute atomic E-state index is 0.0936. The molecule has 2 bridgehead atoms. The Bertz CT molecular complexity index is 1190. The quantitative estimate of drug-likeness (QED) is 0.283. The molecule has 5 nitrogen and oxygen atoms in total. The largest absolute Gasteiger partial charge is 0.377 e. The molecule has 7 rings (SSSR count). The zero-order chi connectivity index (χ0) is 25.3. The number of halogens is 1. The van der Waals surface area contributed by atoms with Gasteiger partial charge in [0.1, 0.15) is 5.82 Å².